The molecule has 1 aromatic heterocycles. The number of hydrogen-bond acceptors (Lipinski definition) is 3. The molecule has 1 aliphatic rings. The molecule has 2 amide bonds. The zero-order chi connectivity index (χ0) is 17.8. The van der Waals surface area contributed by atoms with E-state index in [2.05, 4.69) is 26.2 Å². The van der Waals surface area contributed by atoms with Crippen LogP contribution in [-0.4, -0.2) is 41.4 Å². The summed E-state index contributed by atoms with van der Waals surface area (Å²) in [5.74, 6) is -0.172. The molecular weight excluding hydrogens is 316 g/mol. The first-order valence-electron chi connectivity index (χ1n) is 8.56. The Morgan fingerprint density at radius 2 is 1.96 bits per heavy atom. The monoisotopic (exact) mass is 340 g/mol. The first-order valence-corrected chi connectivity index (χ1v) is 8.56. The molecule has 2 heterocycles. The van der Waals surface area contributed by atoms with E-state index in [1.807, 2.05) is 19.3 Å². The number of amides is 2. The number of rotatable bonds is 5. The molecule has 0 bridgehead atoms. The standard InChI is InChI=1S/C19H24N4O2/c1-20-19(25)14-7-9-15(10-8-14)21-18(24)13-23-12-4-6-17(23)16-5-3-11-22(16)2/h3,5,7-11,17H,4,6,12-13H2,1-2H3,(H,20,25)(H,21,24)/t17-/m1/s1. The molecule has 3 rings (SSSR count). The van der Waals surface area contributed by atoms with Crippen LogP contribution in [-0.2, 0) is 11.8 Å². The van der Waals surface area contributed by atoms with Gasteiger partial charge in [-0.3, -0.25) is 14.5 Å². The van der Waals surface area contributed by atoms with Crippen LogP contribution < -0.4 is 10.6 Å². The first-order chi connectivity index (χ1) is 12.1. The van der Waals surface area contributed by atoms with E-state index in [0.29, 0.717) is 23.8 Å². The maximum atomic E-state index is 12.4. The van der Waals surface area contributed by atoms with E-state index in [0.717, 1.165) is 19.4 Å². The van der Waals surface area contributed by atoms with Gasteiger partial charge in [-0.2, -0.15) is 0 Å². The summed E-state index contributed by atoms with van der Waals surface area (Å²) in [5, 5.41) is 5.49. The van der Waals surface area contributed by atoms with Crippen LogP contribution in [0.25, 0.3) is 0 Å². The van der Waals surface area contributed by atoms with Gasteiger partial charge in [0.25, 0.3) is 5.91 Å². The van der Waals surface area contributed by atoms with E-state index >= 15 is 0 Å². The van der Waals surface area contributed by atoms with Crippen molar-refractivity contribution in [3.63, 3.8) is 0 Å². The Kier molecular flexibility index (Phi) is 5.19. The molecule has 0 radical (unpaired) electrons. The number of carbonyl (C=O) groups excluding carboxylic acids is 2. The van der Waals surface area contributed by atoms with Crippen molar-refractivity contribution >= 4 is 17.5 Å². The predicted octanol–water partition coefficient (Wildman–Crippen LogP) is 2.16. The number of anilines is 1. The SMILES string of the molecule is CNC(=O)c1ccc(NC(=O)CN2CCC[C@@H]2c2cccn2C)cc1. The second-order valence-corrected chi connectivity index (χ2v) is 6.38. The van der Waals surface area contributed by atoms with Crippen LogP contribution in [0.5, 0.6) is 0 Å². The number of aromatic nitrogens is 1. The van der Waals surface area contributed by atoms with Gasteiger partial charge in [-0.1, -0.05) is 0 Å². The fraction of sp³-hybridized carbons (Fsp3) is 0.368. The molecule has 2 N–H and O–H groups in total. The van der Waals surface area contributed by atoms with Gasteiger partial charge in [-0.25, -0.2) is 0 Å². The molecule has 6 nitrogen and oxygen atoms in total. The maximum absolute atomic E-state index is 12.4. The summed E-state index contributed by atoms with van der Waals surface area (Å²) in [5.41, 5.74) is 2.52. The Labute approximate surface area is 147 Å². The number of aryl methyl sites for hydroxylation is 1. The Morgan fingerprint density at radius 3 is 2.60 bits per heavy atom. The first kappa shape index (κ1) is 17.2. The molecule has 1 aromatic carbocycles. The Bertz CT molecular complexity index is 751. The molecule has 25 heavy (non-hydrogen) atoms. The normalized spacial score (nSPS) is 17.4. The summed E-state index contributed by atoms with van der Waals surface area (Å²) in [6.07, 6.45) is 4.22. The van der Waals surface area contributed by atoms with Gasteiger partial charge in [0, 0.05) is 37.2 Å². The Morgan fingerprint density at radius 1 is 1.20 bits per heavy atom. The van der Waals surface area contributed by atoms with Crippen molar-refractivity contribution in [1.82, 2.24) is 14.8 Å². The minimum absolute atomic E-state index is 0.0335. The lowest BCUT2D eigenvalue weighted by Gasteiger charge is -2.24. The van der Waals surface area contributed by atoms with Crippen LogP contribution >= 0.6 is 0 Å². The van der Waals surface area contributed by atoms with Crippen molar-refractivity contribution in [2.45, 2.75) is 18.9 Å². The van der Waals surface area contributed by atoms with Gasteiger partial charge in [0.1, 0.15) is 0 Å². The molecule has 132 valence electrons. The summed E-state index contributed by atoms with van der Waals surface area (Å²) in [4.78, 5) is 26.2. The van der Waals surface area contributed by atoms with E-state index in [4.69, 9.17) is 0 Å². The maximum Gasteiger partial charge on any atom is 0.251 e. The summed E-state index contributed by atoms with van der Waals surface area (Å²) >= 11 is 0. The van der Waals surface area contributed by atoms with Gasteiger partial charge >= 0.3 is 0 Å². The molecule has 0 aliphatic carbocycles. The summed E-state index contributed by atoms with van der Waals surface area (Å²) in [6.45, 7) is 1.30. The third-order valence-electron chi connectivity index (χ3n) is 4.69. The predicted molar refractivity (Wildman–Crippen MR) is 97.4 cm³/mol. The van der Waals surface area contributed by atoms with Crippen molar-refractivity contribution in [2.75, 3.05) is 25.5 Å². The van der Waals surface area contributed by atoms with Crippen LogP contribution in [0.3, 0.4) is 0 Å². The van der Waals surface area contributed by atoms with Crippen molar-refractivity contribution in [1.29, 1.82) is 0 Å². The lowest BCUT2D eigenvalue weighted by Crippen LogP contribution is -2.33. The summed E-state index contributed by atoms with van der Waals surface area (Å²) in [7, 11) is 3.64. The minimum Gasteiger partial charge on any atom is -0.355 e. The molecule has 1 fully saturated rings. The number of nitrogens with zero attached hydrogens (tertiary/aromatic N) is 2. The van der Waals surface area contributed by atoms with Crippen LogP contribution in [0, 0.1) is 0 Å². The second-order valence-electron chi connectivity index (χ2n) is 6.38. The topological polar surface area (TPSA) is 66.4 Å². The van der Waals surface area contributed by atoms with Crippen LogP contribution in [0.1, 0.15) is 34.9 Å². The molecule has 1 saturated heterocycles. The van der Waals surface area contributed by atoms with Crippen LogP contribution in [0.15, 0.2) is 42.6 Å². The highest BCUT2D eigenvalue weighted by Gasteiger charge is 2.28. The lowest BCUT2D eigenvalue weighted by molar-refractivity contribution is -0.117. The van der Waals surface area contributed by atoms with Crippen molar-refractivity contribution in [2.24, 2.45) is 7.05 Å². The fourth-order valence-corrected chi connectivity index (χ4v) is 3.41. The van der Waals surface area contributed by atoms with Gasteiger partial charge in [0.2, 0.25) is 5.91 Å². The molecular formula is C19H24N4O2. The van der Waals surface area contributed by atoms with Crippen molar-refractivity contribution in [3.05, 3.63) is 53.9 Å². The van der Waals surface area contributed by atoms with Crippen LogP contribution in [0.4, 0.5) is 5.69 Å². The molecule has 1 atom stereocenters. The number of carbonyl (C=O) groups is 2. The number of benzene rings is 1. The molecule has 0 spiro atoms. The zero-order valence-corrected chi connectivity index (χ0v) is 14.7. The highest BCUT2D eigenvalue weighted by molar-refractivity contribution is 5.96. The third-order valence-corrected chi connectivity index (χ3v) is 4.69. The molecule has 0 unspecified atom stereocenters. The molecule has 2 aromatic rings. The number of hydrogen-bond donors (Lipinski definition) is 2. The van der Waals surface area contributed by atoms with E-state index in [9.17, 15) is 9.59 Å². The molecule has 1 aliphatic heterocycles. The largest absolute Gasteiger partial charge is 0.355 e. The van der Waals surface area contributed by atoms with Gasteiger partial charge in [-0.05, 0) is 55.8 Å². The average Bonchev–Trinajstić information content (AvgIpc) is 3.23. The van der Waals surface area contributed by atoms with E-state index in [1.54, 1.807) is 31.3 Å². The van der Waals surface area contributed by atoms with E-state index in [-0.39, 0.29) is 11.8 Å². The van der Waals surface area contributed by atoms with Crippen LogP contribution in [0.2, 0.25) is 0 Å². The summed E-state index contributed by atoms with van der Waals surface area (Å²) in [6, 6.07) is 11.4. The fourth-order valence-electron chi connectivity index (χ4n) is 3.41. The van der Waals surface area contributed by atoms with Crippen molar-refractivity contribution in [3.8, 4) is 0 Å². The highest BCUT2D eigenvalue weighted by atomic mass is 16.2. The third kappa shape index (κ3) is 3.91. The summed E-state index contributed by atoms with van der Waals surface area (Å²) < 4.78 is 2.12. The lowest BCUT2D eigenvalue weighted by atomic mass is 10.1. The van der Waals surface area contributed by atoms with E-state index < -0.39 is 0 Å². The number of likely N-dealkylation sites (tertiary alicyclic amines) is 1. The molecule has 0 saturated carbocycles. The number of nitrogens with one attached hydrogen (secondary N) is 2. The van der Waals surface area contributed by atoms with Gasteiger partial charge in [0.05, 0.1) is 12.6 Å². The van der Waals surface area contributed by atoms with Gasteiger partial charge in [0.15, 0.2) is 0 Å². The smallest absolute Gasteiger partial charge is 0.251 e. The Balaban J connectivity index is 1.60. The quantitative estimate of drug-likeness (QED) is 0.876. The van der Waals surface area contributed by atoms with E-state index in [1.165, 1.54) is 5.69 Å². The van der Waals surface area contributed by atoms with Crippen molar-refractivity contribution < 1.29 is 9.59 Å². The highest BCUT2D eigenvalue weighted by Crippen LogP contribution is 2.31. The Hall–Kier alpha value is -2.60. The average molecular weight is 340 g/mol. The minimum atomic E-state index is -0.139. The molecule has 6 heteroatoms. The van der Waals surface area contributed by atoms with Gasteiger partial charge in [-0.15, -0.1) is 0 Å². The van der Waals surface area contributed by atoms with Gasteiger partial charge < -0.3 is 15.2 Å². The second kappa shape index (κ2) is 7.53. The zero-order valence-electron chi connectivity index (χ0n) is 14.7.